The van der Waals surface area contributed by atoms with Crippen molar-refractivity contribution in [2.45, 2.75) is 6.18 Å². The number of benzene rings is 1. The van der Waals surface area contributed by atoms with Gasteiger partial charge in [-0.05, 0) is 12.1 Å². The molecule has 0 N–H and O–H groups in total. The van der Waals surface area contributed by atoms with Gasteiger partial charge in [0.15, 0.2) is 0 Å². The second kappa shape index (κ2) is 4.45. The van der Waals surface area contributed by atoms with Gasteiger partial charge in [0.05, 0.1) is 5.69 Å². The van der Waals surface area contributed by atoms with Crippen LogP contribution in [0.3, 0.4) is 0 Å². The minimum atomic E-state index is -4.62. The first-order valence-corrected chi connectivity index (χ1v) is 5.88. The van der Waals surface area contributed by atoms with E-state index in [0.29, 0.717) is 16.3 Å². The Labute approximate surface area is 115 Å². The van der Waals surface area contributed by atoms with Gasteiger partial charge in [-0.3, -0.25) is 0 Å². The summed E-state index contributed by atoms with van der Waals surface area (Å²) in [4.78, 5) is 7.15. The van der Waals surface area contributed by atoms with Crippen LogP contribution in [0.25, 0.3) is 17.0 Å². The average Bonchev–Trinajstić information content (AvgIpc) is 2.83. The van der Waals surface area contributed by atoms with Crippen LogP contribution in [-0.2, 0) is 6.18 Å². The van der Waals surface area contributed by atoms with Gasteiger partial charge in [0.1, 0.15) is 0 Å². The molecular formula is C12H6ClF3N4. The van der Waals surface area contributed by atoms with Crippen molar-refractivity contribution in [3.63, 3.8) is 0 Å². The number of nitrogens with zero attached hydrogens (tertiary/aromatic N) is 4. The third-order valence-electron chi connectivity index (χ3n) is 2.64. The minimum absolute atomic E-state index is 0.130. The lowest BCUT2D eigenvalue weighted by molar-refractivity contribution is -0.144. The van der Waals surface area contributed by atoms with E-state index >= 15 is 0 Å². The quantitative estimate of drug-likeness (QED) is 0.691. The number of hydrogen-bond donors (Lipinski definition) is 0. The second-order valence-corrected chi connectivity index (χ2v) is 4.36. The maximum Gasteiger partial charge on any atom is 0.453 e. The fourth-order valence-corrected chi connectivity index (χ4v) is 2.02. The highest BCUT2D eigenvalue weighted by molar-refractivity contribution is 6.33. The van der Waals surface area contributed by atoms with Crippen LogP contribution < -0.4 is 0 Å². The van der Waals surface area contributed by atoms with Gasteiger partial charge in [0.2, 0.25) is 0 Å². The lowest BCUT2D eigenvalue weighted by Crippen LogP contribution is -2.07. The van der Waals surface area contributed by atoms with E-state index in [1.54, 1.807) is 24.3 Å². The van der Waals surface area contributed by atoms with Crippen molar-refractivity contribution < 1.29 is 13.2 Å². The molecule has 0 aliphatic heterocycles. The van der Waals surface area contributed by atoms with Gasteiger partial charge in [-0.15, -0.1) is 5.10 Å². The Morgan fingerprint density at radius 2 is 1.85 bits per heavy atom. The topological polar surface area (TPSA) is 43.1 Å². The molecule has 0 aliphatic rings. The van der Waals surface area contributed by atoms with E-state index in [-0.39, 0.29) is 5.78 Å². The molecule has 3 aromatic rings. The Bertz CT molecular complexity index is 782. The van der Waals surface area contributed by atoms with E-state index in [4.69, 9.17) is 11.6 Å². The lowest BCUT2D eigenvalue weighted by atomic mass is 10.1. The number of rotatable bonds is 1. The predicted octanol–water partition coefficient (Wildman–Crippen LogP) is 3.46. The molecule has 0 radical (unpaired) electrons. The summed E-state index contributed by atoms with van der Waals surface area (Å²) >= 11 is 6.05. The van der Waals surface area contributed by atoms with Crippen molar-refractivity contribution in [3.05, 3.63) is 47.4 Å². The van der Waals surface area contributed by atoms with Crippen LogP contribution in [0.1, 0.15) is 5.82 Å². The number of alkyl halides is 3. The van der Waals surface area contributed by atoms with Crippen molar-refractivity contribution in [1.29, 1.82) is 0 Å². The highest BCUT2D eigenvalue weighted by Gasteiger charge is 2.36. The maximum atomic E-state index is 12.6. The largest absolute Gasteiger partial charge is 0.453 e. The van der Waals surface area contributed by atoms with Crippen LogP contribution in [0, 0.1) is 0 Å². The Balaban J connectivity index is 2.27. The van der Waals surface area contributed by atoms with E-state index in [2.05, 4.69) is 15.1 Å². The van der Waals surface area contributed by atoms with Crippen molar-refractivity contribution in [3.8, 4) is 11.3 Å². The van der Waals surface area contributed by atoms with Crippen LogP contribution in [0.5, 0.6) is 0 Å². The fraction of sp³-hybridized carbons (Fsp3) is 0.0833. The monoisotopic (exact) mass is 298 g/mol. The number of hydrogen-bond acceptors (Lipinski definition) is 3. The first-order valence-electron chi connectivity index (χ1n) is 5.51. The summed E-state index contributed by atoms with van der Waals surface area (Å²) in [7, 11) is 0. The van der Waals surface area contributed by atoms with Crippen LogP contribution >= 0.6 is 11.6 Å². The van der Waals surface area contributed by atoms with E-state index in [1.165, 1.54) is 12.3 Å². The Morgan fingerprint density at radius 1 is 1.10 bits per heavy atom. The van der Waals surface area contributed by atoms with Crippen molar-refractivity contribution in [1.82, 2.24) is 19.6 Å². The molecule has 102 valence electrons. The molecule has 0 bridgehead atoms. The Hall–Kier alpha value is -2.15. The molecule has 0 spiro atoms. The zero-order valence-corrected chi connectivity index (χ0v) is 10.5. The van der Waals surface area contributed by atoms with Gasteiger partial charge in [0, 0.05) is 16.8 Å². The van der Waals surface area contributed by atoms with E-state index in [9.17, 15) is 13.2 Å². The zero-order chi connectivity index (χ0) is 14.3. The van der Waals surface area contributed by atoms with Crippen molar-refractivity contribution in [2.75, 3.05) is 0 Å². The molecule has 2 heterocycles. The average molecular weight is 299 g/mol. The lowest BCUT2D eigenvalue weighted by Gasteiger charge is -2.05. The number of aromatic nitrogens is 4. The van der Waals surface area contributed by atoms with E-state index in [1.807, 2.05) is 0 Å². The normalized spacial score (nSPS) is 12.0. The van der Waals surface area contributed by atoms with Crippen LogP contribution in [0.15, 0.2) is 36.5 Å². The smallest absolute Gasteiger partial charge is 0.220 e. The van der Waals surface area contributed by atoms with Gasteiger partial charge in [-0.2, -0.15) is 22.7 Å². The summed E-state index contributed by atoms with van der Waals surface area (Å²) < 4.78 is 39.0. The molecule has 8 heteroatoms. The third kappa shape index (κ3) is 2.09. The summed E-state index contributed by atoms with van der Waals surface area (Å²) in [6.07, 6.45) is -3.26. The standard InChI is InChI=1S/C12H6ClF3N4/c13-8-4-2-1-3-7(8)9-5-6-17-11-18-10(12(14,15)16)19-20(9)11/h1-6H. The van der Waals surface area contributed by atoms with Crippen LogP contribution in [-0.4, -0.2) is 19.6 Å². The van der Waals surface area contributed by atoms with Gasteiger partial charge in [0.25, 0.3) is 11.6 Å². The van der Waals surface area contributed by atoms with Crippen molar-refractivity contribution >= 4 is 17.4 Å². The molecule has 4 nitrogen and oxygen atoms in total. The minimum Gasteiger partial charge on any atom is -0.220 e. The first-order chi connectivity index (χ1) is 9.47. The molecule has 0 atom stereocenters. The highest BCUT2D eigenvalue weighted by Crippen LogP contribution is 2.30. The zero-order valence-electron chi connectivity index (χ0n) is 9.76. The Morgan fingerprint density at radius 3 is 2.55 bits per heavy atom. The predicted molar refractivity (Wildman–Crippen MR) is 66.2 cm³/mol. The van der Waals surface area contributed by atoms with Gasteiger partial charge in [-0.25, -0.2) is 4.98 Å². The summed E-state index contributed by atoms with van der Waals surface area (Å²) in [5.41, 5.74) is 0.948. The molecule has 3 rings (SSSR count). The molecular weight excluding hydrogens is 293 g/mol. The van der Waals surface area contributed by atoms with E-state index in [0.717, 1.165) is 4.52 Å². The maximum absolute atomic E-state index is 12.6. The number of fused-ring (bicyclic) bond motifs is 1. The molecule has 0 saturated carbocycles. The van der Waals surface area contributed by atoms with Gasteiger partial charge >= 0.3 is 6.18 Å². The second-order valence-electron chi connectivity index (χ2n) is 3.95. The SMILES string of the molecule is FC(F)(F)c1nc2nccc(-c3ccccc3Cl)n2n1. The van der Waals surface area contributed by atoms with Gasteiger partial charge < -0.3 is 0 Å². The fourth-order valence-electron chi connectivity index (χ4n) is 1.79. The summed E-state index contributed by atoms with van der Waals surface area (Å²) in [6.45, 7) is 0. The molecule has 0 unspecified atom stereocenters. The summed E-state index contributed by atoms with van der Waals surface area (Å²) in [5, 5.41) is 3.87. The molecule has 0 saturated heterocycles. The molecule has 20 heavy (non-hydrogen) atoms. The Kier molecular flexibility index (Phi) is 2.86. The molecule has 1 aromatic carbocycles. The number of halogens is 4. The molecule has 0 aliphatic carbocycles. The highest BCUT2D eigenvalue weighted by atomic mass is 35.5. The summed E-state index contributed by atoms with van der Waals surface area (Å²) in [5.74, 6) is -1.36. The van der Waals surface area contributed by atoms with Gasteiger partial charge in [-0.1, -0.05) is 29.8 Å². The molecule has 0 amide bonds. The molecule has 0 fully saturated rings. The van der Waals surface area contributed by atoms with Crippen LogP contribution in [0.4, 0.5) is 13.2 Å². The third-order valence-corrected chi connectivity index (χ3v) is 2.97. The van der Waals surface area contributed by atoms with Crippen molar-refractivity contribution in [2.24, 2.45) is 0 Å². The van der Waals surface area contributed by atoms with Crippen LogP contribution in [0.2, 0.25) is 5.02 Å². The first kappa shape index (κ1) is 12.9. The summed E-state index contributed by atoms with van der Waals surface area (Å²) in [6, 6.07) is 8.32. The van der Waals surface area contributed by atoms with E-state index < -0.39 is 12.0 Å². The molecule has 2 aromatic heterocycles.